The maximum absolute atomic E-state index is 13.5. The van der Waals surface area contributed by atoms with E-state index < -0.39 is 17.8 Å². The van der Waals surface area contributed by atoms with E-state index in [0.717, 1.165) is 21.6 Å². The van der Waals surface area contributed by atoms with Crippen LogP contribution in [0.1, 0.15) is 29.2 Å². The molecule has 1 aliphatic rings. The Morgan fingerprint density at radius 2 is 1.66 bits per heavy atom. The molecule has 224 valence electrons. The Labute approximate surface area is 268 Å². The zero-order valence-corrected chi connectivity index (χ0v) is 26.3. The van der Waals surface area contributed by atoms with Crippen molar-refractivity contribution in [1.29, 1.82) is 0 Å². The molecule has 0 unspecified atom stereocenters. The van der Waals surface area contributed by atoms with Gasteiger partial charge in [-0.3, -0.25) is 14.9 Å². The smallest absolute Gasteiger partial charge is 0.335 e. The lowest BCUT2D eigenvalue weighted by molar-refractivity contribution is -0.122. The first-order valence-corrected chi connectivity index (χ1v) is 14.9. The fraction of sp³-hybridized carbons (Fsp3) is 0.147. The van der Waals surface area contributed by atoms with Crippen molar-refractivity contribution in [3.8, 4) is 17.2 Å². The highest BCUT2D eigenvalue weighted by Gasteiger charge is 2.37. The van der Waals surface area contributed by atoms with Gasteiger partial charge in [-0.1, -0.05) is 59.6 Å². The first-order valence-electron chi connectivity index (χ1n) is 13.8. The van der Waals surface area contributed by atoms with Gasteiger partial charge in [0.05, 0.1) is 16.8 Å². The van der Waals surface area contributed by atoms with Gasteiger partial charge < -0.3 is 14.2 Å². The normalized spacial score (nSPS) is 14.0. The van der Waals surface area contributed by atoms with Crippen molar-refractivity contribution in [3.05, 3.63) is 122 Å². The molecule has 1 fully saturated rings. The van der Waals surface area contributed by atoms with Gasteiger partial charge in [-0.05, 0) is 89.4 Å². The van der Waals surface area contributed by atoms with Gasteiger partial charge in [-0.2, -0.15) is 0 Å². The summed E-state index contributed by atoms with van der Waals surface area (Å²) in [5.74, 6) is -0.125. The number of hydrogen-bond acceptors (Lipinski definition) is 6. The van der Waals surface area contributed by atoms with E-state index in [2.05, 4.69) is 21.2 Å². The van der Waals surface area contributed by atoms with Crippen LogP contribution in [0.5, 0.6) is 17.2 Å². The van der Waals surface area contributed by atoms with E-state index in [1.54, 1.807) is 42.5 Å². The standard InChI is InChI=1S/C34H28BrClN2O6/c1-3-42-30-18-23(17-28(35)31(30)44-19-22-8-6-7-21(2)15-22)16-27-32(39)37-34(41)38(33(27)40)25-11-13-26(14-12-25)43-20-24-9-4-5-10-29(24)36/h4-18H,3,19-20H2,1-2H3,(H,37,39,41)/b27-16+. The number of rotatable bonds is 10. The molecule has 0 aliphatic carbocycles. The summed E-state index contributed by atoms with van der Waals surface area (Å²) in [6, 6.07) is 24.3. The van der Waals surface area contributed by atoms with Crippen molar-refractivity contribution in [2.75, 3.05) is 11.5 Å². The molecule has 5 rings (SSSR count). The monoisotopic (exact) mass is 674 g/mol. The molecule has 0 aromatic heterocycles. The van der Waals surface area contributed by atoms with Gasteiger partial charge in [0, 0.05) is 10.6 Å². The van der Waals surface area contributed by atoms with Gasteiger partial charge in [0.15, 0.2) is 11.5 Å². The molecular weight excluding hydrogens is 648 g/mol. The summed E-state index contributed by atoms with van der Waals surface area (Å²) in [6.07, 6.45) is 1.41. The molecule has 1 heterocycles. The molecule has 4 aromatic carbocycles. The van der Waals surface area contributed by atoms with Gasteiger partial charge in [-0.25, -0.2) is 9.69 Å². The van der Waals surface area contributed by atoms with Gasteiger partial charge in [0.25, 0.3) is 11.8 Å². The van der Waals surface area contributed by atoms with Crippen LogP contribution in [0.2, 0.25) is 5.02 Å². The number of nitrogens with zero attached hydrogens (tertiary/aromatic N) is 1. The van der Waals surface area contributed by atoms with E-state index in [1.165, 1.54) is 6.08 Å². The first kappa shape index (κ1) is 30.8. The molecule has 10 heteroatoms. The average molecular weight is 676 g/mol. The molecule has 1 saturated heterocycles. The Bertz CT molecular complexity index is 1760. The highest BCUT2D eigenvalue weighted by Crippen LogP contribution is 2.38. The number of anilines is 1. The number of halogens is 2. The van der Waals surface area contributed by atoms with Gasteiger partial charge in [-0.15, -0.1) is 0 Å². The second kappa shape index (κ2) is 13.8. The van der Waals surface area contributed by atoms with Crippen LogP contribution in [0.4, 0.5) is 10.5 Å². The number of carbonyl (C=O) groups excluding carboxylic acids is 3. The maximum atomic E-state index is 13.5. The molecular formula is C34H28BrClN2O6. The van der Waals surface area contributed by atoms with E-state index in [4.69, 9.17) is 25.8 Å². The Kier molecular flexibility index (Phi) is 9.67. The first-order chi connectivity index (χ1) is 21.2. The summed E-state index contributed by atoms with van der Waals surface area (Å²) in [6.45, 7) is 4.80. The van der Waals surface area contributed by atoms with Crippen molar-refractivity contribution >= 4 is 57.1 Å². The van der Waals surface area contributed by atoms with Crippen LogP contribution in [-0.2, 0) is 22.8 Å². The Morgan fingerprint density at radius 1 is 0.886 bits per heavy atom. The number of aryl methyl sites for hydroxylation is 1. The number of ether oxygens (including phenoxy) is 3. The molecule has 0 radical (unpaired) electrons. The van der Waals surface area contributed by atoms with Crippen molar-refractivity contribution in [2.24, 2.45) is 0 Å². The zero-order valence-electron chi connectivity index (χ0n) is 23.9. The van der Waals surface area contributed by atoms with Gasteiger partial charge in [0.1, 0.15) is 24.5 Å². The van der Waals surface area contributed by atoms with E-state index in [1.807, 2.05) is 56.3 Å². The average Bonchev–Trinajstić information content (AvgIpc) is 2.99. The molecule has 1 N–H and O–H groups in total. The molecule has 44 heavy (non-hydrogen) atoms. The molecule has 8 nitrogen and oxygen atoms in total. The lowest BCUT2D eigenvalue weighted by Gasteiger charge is -2.26. The van der Waals surface area contributed by atoms with E-state index in [9.17, 15) is 14.4 Å². The molecule has 4 aromatic rings. The predicted molar refractivity (Wildman–Crippen MR) is 172 cm³/mol. The summed E-state index contributed by atoms with van der Waals surface area (Å²) in [7, 11) is 0. The van der Waals surface area contributed by atoms with Crippen molar-refractivity contribution < 1.29 is 28.6 Å². The highest BCUT2D eigenvalue weighted by molar-refractivity contribution is 9.10. The molecule has 0 spiro atoms. The van der Waals surface area contributed by atoms with Gasteiger partial charge in [0.2, 0.25) is 0 Å². The third-order valence-corrected chi connectivity index (χ3v) is 7.61. The van der Waals surface area contributed by atoms with Crippen molar-refractivity contribution in [1.82, 2.24) is 5.32 Å². The number of amides is 4. The number of urea groups is 1. The number of benzene rings is 4. The number of barbiturate groups is 1. The quantitative estimate of drug-likeness (QED) is 0.137. The minimum Gasteiger partial charge on any atom is -0.490 e. The van der Waals surface area contributed by atoms with Crippen LogP contribution in [0.25, 0.3) is 6.08 Å². The third-order valence-electron chi connectivity index (χ3n) is 6.66. The molecule has 4 amide bonds. The van der Waals surface area contributed by atoms with Crippen LogP contribution in [0.3, 0.4) is 0 Å². The fourth-order valence-corrected chi connectivity index (χ4v) is 5.32. The lowest BCUT2D eigenvalue weighted by Crippen LogP contribution is -2.54. The number of carbonyl (C=O) groups is 3. The maximum Gasteiger partial charge on any atom is 0.335 e. The summed E-state index contributed by atoms with van der Waals surface area (Å²) in [4.78, 5) is 40.0. The minimum absolute atomic E-state index is 0.216. The number of imide groups is 2. The highest BCUT2D eigenvalue weighted by atomic mass is 79.9. The summed E-state index contributed by atoms with van der Waals surface area (Å²) in [5, 5.41) is 2.84. The van der Waals surface area contributed by atoms with Crippen molar-refractivity contribution in [3.63, 3.8) is 0 Å². The minimum atomic E-state index is -0.849. The van der Waals surface area contributed by atoms with E-state index in [0.29, 0.717) is 45.5 Å². The predicted octanol–water partition coefficient (Wildman–Crippen LogP) is 7.63. The van der Waals surface area contributed by atoms with Crippen LogP contribution in [0, 0.1) is 6.92 Å². The Morgan fingerprint density at radius 3 is 2.39 bits per heavy atom. The second-order valence-corrected chi connectivity index (χ2v) is 11.1. The summed E-state index contributed by atoms with van der Waals surface area (Å²) in [5.41, 5.74) is 3.50. The van der Waals surface area contributed by atoms with Crippen LogP contribution >= 0.6 is 27.5 Å². The molecule has 0 saturated carbocycles. The van der Waals surface area contributed by atoms with Crippen molar-refractivity contribution in [2.45, 2.75) is 27.1 Å². The van der Waals surface area contributed by atoms with Crippen LogP contribution in [-0.4, -0.2) is 24.5 Å². The van der Waals surface area contributed by atoms with E-state index in [-0.39, 0.29) is 17.9 Å². The Balaban J connectivity index is 1.36. The van der Waals surface area contributed by atoms with Crippen LogP contribution in [0.15, 0.2) is 95.0 Å². The topological polar surface area (TPSA) is 94.2 Å². The Hall–Kier alpha value is -4.60. The zero-order chi connectivity index (χ0) is 31.2. The number of hydrogen-bond donors (Lipinski definition) is 1. The molecule has 0 atom stereocenters. The SMILES string of the molecule is CCOc1cc(/C=C2\C(=O)NC(=O)N(c3ccc(OCc4ccccc4Cl)cc3)C2=O)cc(Br)c1OCc1cccc(C)c1. The lowest BCUT2D eigenvalue weighted by atomic mass is 10.1. The fourth-order valence-electron chi connectivity index (χ4n) is 4.56. The second-order valence-electron chi connectivity index (χ2n) is 9.87. The van der Waals surface area contributed by atoms with Crippen LogP contribution < -0.4 is 24.4 Å². The number of nitrogens with one attached hydrogen (secondary N) is 1. The largest absolute Gasteiger partial charge is 0.490 e. The third kappa shape index (κ3) is 7.12. The molecule has 0 bridgehead atoms. The summed E-state index contributed by atoms with van der Waals surface area (Å²) < 4.78 is 18.3. The molecule has 1 aliphatic heterocycles. The van der Waals surface area contributed by atoms with E-state index >= 15 is 0 Å². The van der Waals surface area contributed by atoms with Gasteiger partial charge >= 0.3 is 6.03 Å². The summed E-state index contributed by atoms with van der Waals surface area (Å²) >= 11 is 9.74.